The molecule has 0 aliphatic heterocycles. The summed E-state index contributed by atoms with van der Waals surface area (Å²) in [4.78, 5) is 54.9. The van der Waals surface area contributed by atoms with Gasteiger partial charge in [0, 0.05) is 23.5 Å². The lowest BCUT2D eigenvalue weighted by molar-refractivity contribution is -0.140. The lowest BCUT2D eigenvalue weighted by Crippen LogP contribution is -2.36. The van der Waals surface area contributed by atoms with E-state index in [2.05, 4.69) is 4.98 Å². The van der Waals surface area contributed by atoms with Crippen LogP contribution in [0.1, 0.15) is 57.2 Å². The number of hydrogen-bond acceptors (Lipinski definition) is 12. The lowest BCUT2D eigenvalue weighted by atomic mass is 10.0. The number of H-pyrrole nitrogens is 1. The average Bonchev–Trinajstić information content (AvgIpc) is 3.61. The predicted octanol–water partition coefficient (Wildman–Crippen LogP) is 2.70. The van der Waals surface area contributed by atoms with E-state index >= 15 is 0 Å². The molecule has 1 heterocycles. The zero-order chi connectivity index (χ0) is 45.4. The Hall–Kier alpha value is -6.05. The number of phenolic OH excluding ortho intramolecular Hbond substituents is 2. The first-order valence-electron chi connectivity index (χ1n) is 18.6. The molecule has 1 aromatic heterocycles. The van der Waals surface area contributed by atoms with E-state index in [0.717, 1.165) is 40.4 Å². The van der Waals surface area contributed by atoms with Crippen molar-refractivity contribution in [1.29, 1.82) is 0 Å². The van der Waals surface area contributed by atoms with Crippen LogP contribution in [0, 0.1) is 11.8 Å². The number of aliphatic carboxylic acids is 5. The summed E-state index contributed by atoms with van der Waals surface area (Å²) < 4.78 is 0. The molecule has 3 aromatic carbocycles. The average molecular weight is 829 g/mol. The van der Waals surface area contributed by atoms with Crippen LogP contribution in [0.2, 0.25) is 0 Å². The van der Waals surface area contributed by atoms with Crippen molar-refractivity contribution in [3.05, 3.63) is 95.7 Å². The Labute approximate surface area is 342 Å². The number of fused-ring (bicyclic) bond motifs is 1. The Kier molecular flexibility index (Phi) is 24.7. The molecule has 4 rings (SSSR count). The van der Waals surface area contributed by atoms with Gasteiger partial charge >= 0.3 is 29.8 Å². The third-order valence-corrected chi connectivity index (χ3v) is 8.93. The van der Waals surface area contributed by atoms with Crippen molar-refractivity contribution >= 4 is 40.7 Å². The number of carbonyl (C=O) groups is 5. The highest BCUT2D eigenvalue weighted by atomic mass is 16.4. The molecule has 0 fully saturated rings. The van der Waals surface area contributed by atoms with Crippen molar-refractivity contribution < 1.29 is 59.7 Å². The second kappa shape index (κ2) is 27.6. The second-order valence-electron chi connectivity index (χ2n) is 13.6. The number of nitrogens with two attached hydrogens (primary N) is 5. The standard InChI is InChI=1S/C11H12N2O2.2C9H11NO3.2C6H13NO2/c12-9(11(14)15)5-7-6-13-10-4-2-1-3-8(7)10;2*10-8(9(12)13)5-6-1-3-7(11)4-2-6;2*1-3-4(2)5(7)6(8)9/h1-4,6,9,13H,5,12H2,(H,14,15);2*1-4,8,11H,5,10H2,(H,12,13);2*4-5H,3,7H2,1-2H3,(H,8,9). The molecule has 7 atom stereocenters. The fourth-order valence-corrected chi connectivity index (χ4v) is 4.57. The van der Waals surface area contributed by atoms with Gasteiger partial charge in [0.15, 0.2) is 0 Å². The Bertz CT molecular complexity index is 1780. The van der Waals surface area contributed by atoms with Gasteiger partial charge in [0.05, 0.1) is 0 Å². The number of carboxylic acid groups (broad SMARTS) is 5. The molecule has 4 aromatic rings. The normalized spacial score (nSPS) is 13.8. The van der Waals surface area contributed by atoms with E-state index < -0.39 is 60.1 Å². The molecule has 0 aliphatic carbocycles. The molecule has 0 radical (unpaired) electrons. The van der Waals surface area contributed by atoms with Crippen molar-refractivity contribution in [2.75, 3.05) is 0 Å². The van der Waals surface area contributed by atoms with Crippen LogP contribution in [-0.2, 0) is 43.2 Å². The Morgan fingerprint density at radius 2 is 0.864 bits per heavy atom. The van der Waals surface area contributed by atoms with E-state index in [1.54, 1.807) is 24.3 Å². The molecule has 59 heavy (non-hydrogen) atoms. The molecule has 18 nitrogen and oxygen atoms in total. The molecule has 18 N–H and O–H groups in total. The van der Waals surface area contributed by atoms with Gasteiger partial charge in [-0.15, -0.1) is 0 Å². The Morgan fingerprint density at radius 1 is 0.525 bits per heavy atom. The van der Waals surface area contributed by atoms with Crippen molar-refractivity contribution in [2.24, 2.45) is 40.5 Å². The lowest BCUT2D eigenvalue weighted by Gasteiger charge is -2.11. The van der Waals surface area contributed by atoms with Crippen LogP contribution in [0.3, 0.4) is 0 Å². The number of phenols is 2. The van der Waals surface area contributed by atoms with Crippen LogP contribution >= 0.6 is 0 Å². The third kappa shape index (κ3) is 21.3. The highest BCUT2D eigenvalue weighted by molar-refractivity contribution is 5.84. The molecule has 7 unspecified atom stereocenters. The first-order chi connectivity index (χ1) is 27.5. The maximum Gasteiger partial charge on any atom is 0.320 e. The number of carboxylic acids is 5. The van der Waals surface area contributed by atoms with E-state index in [1.165, 1.54) is 24.3 Å². The fourth-order valence-electron chi connectivity index (χ4n) is 4.57. The Balaban J connectivity index is 0.000000724. The molecular formula is C41H60N6O12. The van der Waals surface area contributed by atoms with Gasteiger partial charge in [-0.3, -0.25) is 24.0 Å². The van der Waals surface area contributed by atoms with Crippen LogP contribution < -0.4 is 28.7 Å². The van der Waals surface area contributed by atoms with Gasteiger partial charge < -0.3 is 69.4 Å². The first kappa shape index (κ1) is 53.0. The number of para-hydroxylation sites is 1. The molecule has 18 heteroatoms. The number of benzene rings is 3. The van der Waals surface area contributed by atoms with Crippen LogP contribution in [0.4, 0.5) is 0 Å². The van der Waals surface area contributed by atoms with Crippen molar-refractivity contribution in [3.8, 4) is 11.5 Å². The molecular weight excluding hydrogens is 768 g/mol. The van der Waals surface area contributed by atoms with Gasteiger partial charge in [-0.05, 0) is 71.7 Å². The maximum absolute atomic E-state index is 10.6. The summed E-state index contributed by atoms with van der Waals surface area (Å²) in [5, 5.41) is 61.4. The first-order valence-corrected chi connectivity index (χ1v) is 18.6. The predicted molar refractivity (Wildman–Crippen MR) is 223 cm³/mol. The number of aromatic amines is 1. The summed E-state index contributed by atoms with van der Waals surface area (Å²) in [6.45, 7) is 7.51. The SMILES string of the molecule is CCC(C)C(N)C(=O)O.CCC(C)C(N)C(=O)O.NC(Cc1c[nH]c2ccccc12)C(=O)O.NC(Cc1ccc(O)cc1)C(=O)O.NC(Cc1ccc(O)cc1)C(=O)O. The smallest absolute Gasteiger partial charge is 0.320 e. The zero-order valence-electron chi connectivity index (χ0n) is 33.6. The summed E-state index contributed by atoms with van der Waals surface area (Å²) in [6.07, 6.45) is 4.33. The highest BCUT2D eigenvalue weighted by Crippen LogP contribution is 2.19. The molecule has 0 saturated carbocycles. The summed E-state index contributed by atoms with van der Waals surface area (Å²) in [7, 11) is 0. The fraction of sp³-hybridized carbons (Fsp3) is 0.390. The van der Waals surface area contributed by atoms with E-state index in [1.807, 2.05) is 58.2 Å². The summed E-state index contributed by atoms with van der Waals surface area (Å²) in [6, 6.07) is 16.4. The largest absolute Gasteiger partial charge is 0.508 e. The zero-order valence-corrected chi connectivity index (χ0v) is 33.6. The molecule has 0 spiro atoms. The summed E-state index contributed by atoms with van der Waals surface area (Å²) in [5.41, 5.74) is 30.2. The van der Waals surface area contributed by atoms with Crippen molar-refractivity contribution in [1.82, 2.24) is 4.98 Å². The molecule has 0 aliphatic rings. The van der Waals surface area contributed by atoms with Gasteiger partial charge in [-0.1, -0.05) is 83.0 Å². The van der Waals surface area contributed by atoms with Gasteiger partial charge in [-0.2, -0.15) is 0 Å². The number of aromatic hydroxyl groups is 2. The Morgan fingerprint density at radius 3 is 1.17 bits per heavy atom. The topological polar surface area (TPSA) is 373 Å². The minimum atomic E-state index is -1.02. The van der Waals surface area contributed by atoms with Gasteiger partial charge in [0.2, 0.25) is 0 Å². The van der Waals surface area contributed by atoms with Crippen molar-refractivity contribution in [2.45, 2.75) is 90.0 Å². The molecule has 326 valence electrons. The van der Waals surface area contributed by atoms with Gasteiger partial charge in [0.25, 0.3) is 0 Å². The monoisotopic (exact) mass is 828 g/mol. The number of rotatable bonds is 15. The quantitative estimate of drug-likeness (QED) is 0.0819. The van der Waals surface area contributed by atoms with E-state index in [0.29, 0.717) is 6.42 Å². The van der Waals surface area contributed by atoms with Crippen LogP contribution in [-0.4, -0.2) is 101 Å². The summed E-state index contributed by atoms with van der Waals surface area (Å²) in [5.74, 6) is -4.37. The van der Waals surface area contributed by atoms with Crippen molar-refractivity contribution in [3.63, 3.8) is 0 Å². The minimum absolute atomic E-state index is 0.0718. The van der Waals surface area contributed by atoms with Gasteiger partial charge in [-0.25, -0.2) is 0 Å². The summed E-state index contributed by atoms with van der Waals surface area (Å²) >= 11 is 0. The second-order valence-corrected chi connectivity index (χ2v) is 13.6. The third-order valence-electron chi connectivity index (χ3n) is 8.93. The number of aromatic nitrogens is 1. The molecule has 0 bridgehead atoms. The van der Waals surface area contributed by atoms with E-state index in [4.69, 9.17) is 64.4 Å². The van der Waals surface area contributed by atoms with E-state index in [9.17, 15) is 24.0 Å². The van der Waals surface area contributed by atoms with Crippen LogP contribution in [0.25, 0.3) is 10.9 Å². The number of nitrogens with one attached hydrogen (secondary N) is 1. The molecule has 0 saturated heterocycles. The highest BCUT2D eigenvalue weighted by Gasteiger charge is 2.18. The van der Waals surface area contributed by atoms with Crippen LogP contribution in [0.15, 0.2) is 79.0 Å². The van der Waals surface area contributed by atoms with Gasteiger partial charge in [0.1, 0.15) is 41.7 Å². The molecule has 0 amide bonds. The maximum atomic E-state index is 10.6. The van der Waals surface area contributed by atoms with Crippen LogP contribution in [0.5, 0.6) is 11.5 Å². The number of hydrogen-bond donors (Lipinski definition) is 13. The van der Waals surface area contributed by atoms with E-state index in [-0.39, 0.29) is 36.2 Å². The minimum Gasteiger partial charge on any atom is -0.508 e.